The molecule has 0 saturated carbocycles. The summed E-state index contributed by atoms with van der Waals surface area (Å²) in [5, 5.41) is 23.0. The van der Waals surface area contributed by atoms with E-state index in [0.29, 0.717) is 10.5 Å². The van der Waals surface area contributed by atoms with Crippen molar-refractivity contribution in [1.29, 1.82) is 0 Å². The molecular weight excluding hydrogens is 516 g/mol. The lowest BCUT2D eigenvalue weighted by molar-refractivity contribution is -0.508. The number of aliphatic carboxylic acids is 1. The first-order chi connectivity index (χ1) is 17.7. The van der Waals surface area contributed by atoms with Crippen molar-refractivity contribution >= 4 is 51.3 Å². The number of hydroxylamine groups is 1. The molecule has 1 saturated heterocycles. The van der Waals surface area contributed by atoms with Crippen molar-refractivity contribution < 1.29 is 33.8 Å². The van der Waals surface area contributed by atoms with Gasteiger partial charge in [0.2, 0.25) is 15.8 Å². The number of carboxylic acids is 1. The number of carbonyl (C=O) groups excluding carboxylic acids is 3. The van der Waals surface area contributed by atoms with Gasteiger partial charge in [-0.3, -0.25) is 14.4 Å². The lowest BCUT2D eigenvalue weighted by Gasteiger charge is -2.47. The third-order valence-corrected chi connectivity index (χ3v) is 8.90. The largest absolute Gasteiger partial charge is 0.543 e. The summed E-state index contributed by atoms with van der Waals surface area (Å²) in [7, 11) is 0. The van der Waals surface area contributed by atoms with Gasteiger partial charge in [0.1, 0.15) is 6.20 Å². The van der Waals surface area contributed by atoms with Gasteiger partial charge in [-0.25, -0.2) is 10.0 Å². The van der Waals surface area contributed by atoms with Crippen molar-refractivity contribution in [2.75, 3.05) is 6.26 Å². The number of aromatic nitrogens is 2. The van der Waals surface area contributed by atoms with E-state index in [0.717, 1.165) is 15.4 Å². The SMILES string of the molecule is CSc1c2sc(C3=C(C(=O)[O-])N4C(=O)[C@H]([C@@H](C)O)[C@H]4[C@H]3C)c[n+]2cn1CC(=O)NOCc1ccccc1. The molecule has 1 aromatic carbocycles. The van der Waals surface area contributed by atoms with Crippen LogP contribution in [0.25, 0.3) is 10.4 Å². The summed E-state index contributed by atoms with van der Waals surface area (Å²) < 4.78 is 3.65. The Labute approximate surface area is 221 Å². The minimum atomic E-state index is -1.41. The molecule has 0 aliphatic carbocycles. The second kappa shape index (κ2) is 9.93. The van der Waals surface area contributed by atoms with Crippen LogP contribution in [-0.2, 0) is 32.4 Å². The van der Waals surface area contributed by atoms with Crippen LogP contribution in [0.1, 0.15) is 24.3 Å². The number of rotatable bonds is 9. The van der Waals surface area contributed by atoms with Crippen LogP contribution in [0.4, 0.5) is 0 Å². The maximum absolute atomic E-state index is 12.6. The molecule has 2 aliphatic heterocycles. The number of hydrogen-bond donors (Lipinski definition) is 2. The summed E-state index contributed by atoms with van der Waals surface area (Å²) in [4.78, 5) is 45.3. The van der Waals surface area contributed by atoms with Crippen LogP contribution in [0.15, 0.2) is 53.6 Å². The van der Waals surface area contributed by atoms with Crippen LogP contribution in [0.3, 0.4) is 0 Å². The Morgan fingerprint density at radius 3 is 2.70 bits per heavy atom. The monoisotopic (exact) mass is 542 g/mol. The molecule has 5 rings (SSSR count). The smallest absolute Gasteiger partial charge is 0.285 e. The number of aliphatic hydroxyl groups excluding tert-OH is 1. The van der Waals surface area contributed by atoms with Gasteiger partial charge >= 0.3 is 0 Å². The molecule has 0 bridgehead atoms. The summed E-state index contributed by atoms with van der Waals surface area (Å²) in [6.45, 7) is 3.71. The fourth-order valence-corrected chi connectivity index (χ4v) is 7.40. The Hall–Kier alpha value is -3.19. The first-order valence-electron chi connectivity index (χ1n) is 11.7. The van der Waals surface area contributed by atoms with E-state index in [1.54, 1.807) is 17.8 Å². The number of imidazole rings is 1. The average molecular weight is 543 g/mol. The summed E-state index contributed by atoms with van der Waals surface area (Å²) >= 11 is 2.85. The van der Waals surface area contributed by atoms with Gasteiger partial charge in [0.15, 0.2) is 6.54 Å². The molecule has 2 aliphatic rings. The fraction of sp³-hybridized carbons (Fsp3) is 0.360. The molecule has 4 heterocycles. The lowest BCUT2D eigenvalue weighted by Crippen LogP contribution is -2.64. The zero-order chi connectivity index (χ0) is 26.4. The molecule has 0 radical (unpaired) electrons. The molecule has 12 heteroatoms. The zero-order valence-electron chi connectivity index (χ0n) is 20.4. The van der Waals surface area contributed by atoms with Crippen molar-refractivity contribution in [3.8, 4) is 0 Å². The van der Waals surface area contributed by atoms with Gasteiger partial charge < -0.3 is 19.9 Å². The summed E-state index contributed by atoms with van der Waals surface area (Å²) in [6, 6.07) is 9.09. The quantitative estimate of drug-likeness (QED) is 0.175. The highest BCUT2D eigenvalue weighted by Gasteiger charge is 2.59. The molecule has 2 aromatic heterocycles. The number of benzene rings is 1. The van der Waals surface area contributed by atoms with Crippen molar-refractivity contribution in [2.24, 2.45) is 11.8 Å². The van der Waals surface area contributed by atoms with Gasteiger partial charge in [-0.15, -0.1) is 0 Å². The van der Waals surface area contributed by atoms with E-state index in [9.17, 15) is 24.6 Å². The standard InChI is InChI=1S/C25H26N4O6S2/c1-13-18(21(25(33)34)29-20(13)19(14(2)30)22(29)32)16-9-27-12-28(23(36-3)24(27)37-16)10-17(31)26-35-11-15-7-5-4-6-8-15/h4-9,12-14,19-20,30H,10-11H2,1-3H3,(H-,26,31,33,34)/t13-,14+,19+,20+/m0/s1. The number of fused-ring (bicyclic) bond motifs is 2. The number of amides is 2. The number of β-lactam (4-membered cyclic amide) rings is 1. The molecular formula is C25H26N4O6S2. The summed E-state index contributed by atoms with van der Waals surface area (Å²) in [5.41, 5.74) is 3.81. The predicted octanol–water partition coefficient (Wildman–Crippen LogP) is 0.577. The summed E-state index contributed by atoms with van der Waals surface area (Å²) in [6.07, 6.45) is 4.61. The number of carboxylic acid groups (broad SMARTS) is 1. The normalized spacial score (nSPS) is 21.8. The Morgan fingerprint density at radius 2 is 2.05 bits per heavy atom. The molecule has 0 spiro atoms. The average Bonchev–Trinajstić information content (AvgIpc) is 3.46. The molecule has 10 nitrogen and oxygen atoms in total. The minimum Gasteiger partial charge on any atom is -0.543 e. The Morgan fingerprint density at radius 1 is 1.32 bits per heavy atom. The molecule has 194 valence electrons. The van der Waals surface area contributed by atoms with Crippen molar-refractivity contribution in [3.63, 3.8) is 0 Å². The van der Waals surface area contributed by atoms with Gasteiger partial charge in [-0.05, 0) is 18.7 Å². The lowest BCUT2D eigenvalue weighted by atomic mass is 9.77. The number of thioether (sulfide) groups is 1. The van der Waals surface area contributed by atoms with Crippen LogP contribution in [0.2, 0.25) is 0 Å². The number of thiazole rings is 1. The van der Waals surface area contributed by atoms with Crippen LogP contribution in [0.5, 0.6) is 0 Å². The van der Waals surface area contributed by atoms with Crippen LogP contribution in [-0.4, -0.2) is 50.8 Å². The van der Waals surface area contributed by atoms with Crippen LogP contribution in [0, 0.1) is 11.8 Å². The van der Waals surface area contributed by atoms with Crippen molar-refractivity contribution in [2.45, 2.75) is 44.2 Å². The maximum atomic E-state index is 12.6. The molecule has 2 N–H and O–H groups in total. The molecule has 3 aromatic rings. The van der Waals surface area contributed by atoms with E-state index in [-0.39, 0.29) is 30.7 Å². The van der Waals surface area contributed by atoms with E-state index in [2.05, 4.69) is 5.48 Å². The molecule has 2 amide bonds. The Bertz CT molecular complexity index is 1410. The molecule has 37 heavy (non-hydrogen) atoms. The van der Waals surface area contributed by atoms with Crippen LogP contribution >= 0.6 is 23.1 Å². The Balaban J connectivity index is 1.37. The van der Waals surface area contributed by atoms with E-state index in [1.807, 2.05) is 54.1 Å². The molecule has 1 fully saturated rings. The highest BCUT2D eigenvalue weighted by atomic mass is 32.2. The highest BCUT2D eigenvalue weighted by Crippen LogP contribution is 2.51. The van der Waals surface area contributed by atoms with E-state index < -0.39 is 29.9 Å². The topological polar surface area (TPSA) is 128 Å². The Kier molecular flexibility index (Phi) is 6.84. The van der Waals surface area contributed by atoms with Crippen molar-refractivity contribution in [3.05, 3.63) is 59.0 Å². The molecule has 4 atom stereocenters. The third-order valence-electron chi connectivity index (χ3n) is 6.81. The predicted molar refractivity (Wildman–Crippen MR) is 134 cm³/mol. The third kappa shape index (κ3) is 4.33. The second-order valence-corrected chi connectivity index (χ2v) is 11.0. The number of nitrogens with zero attached hydrogens (tertiary/aromatic N) is 3. The van der Waals surface area contributed by atoms with Gasteiger partial charge in [-0.1, -0.05) is 60.4 Å². The number of nitrogens with one attached hydrogen (secondary N) is 1. The first kappa shape index (κ1) is 25.5. The van der Waals surface area contributed by atoms with E-state index >= 15 is 0 Å². The molecule has 0 unspecified atom stereocenters. The van der Waals surface area contributed by atoms with Crippen LogP contribution < -0.4 is 15.0 Å². The maximum Gasteiger partial charge on any atom is 0.285 e. The van der Waals surface area contributed by atoms with Gasteiger partial charge in [0.25, 0.3) is 12.2 Å². The fourth-order valence-electron chi connectivity index (χ4n) is 5.22. The highest BCUT2D eigenvalue weighted by molar-refractivity contribution is 7.98. The van der Waals surface area contributed by atoms with Gasteiger partial charge in [-0.2, -0.15) is 4.40 Å². The van der Waals surface area contributed by atoms with Gasteiger partial charge in [0.05, 0.1) is 41.2 Å². The zero-order valence-corrected chi connectivity index (χ0v) is 22.0. The van der Waals surface area contributed by atoms with E-state index in [1.165, 1.54) is 28.0 Å². The summed E-state index contributed by atoms with van der Waals surface area (Å²) in [5.74, 6) is -3.04. The second-order valence-electron chi connectivity index (χ2n) is 9.16. The van der Waals surface area contributed by atoms with Gasteiger partial charge in [0, 0.05) is 11.5 Å². The number of carbonyl (C=O) groups is 3. The van der Waals surface area contributed by atoms with E-state index in [4.69, 9.17) is 4.84 Å². The minimum absolute atomic E-state index is 0.0402. The number of aliphatic hydroxyl groups is 1. The first-order valence-corrected chi connectivity index (χ1v) is 13.8. The number of hydrogen-bond acceptors (Lipinski definition) is 8. The van der Waals surface area contributed by atoms with Crippen molar-refractivity contribution in [1.82, 2.24) is 14.9 Å².